The van der Waals surface area contributed by atoms with Crippen molar-refractivity contribution in [2.75, 3.05) is 19.1 Å². The number of amides is 1. The van der Waals surface area contributed by atoms with E-state index in [1.807, 2.05) is 0 Å². The monoisotopic (exact) mass is 652 g/mol. The molecule has 0 bridgehead atoms. The summed E-state index contributed by atoms with van der Waals surface area (Å²) < 4.78 is 101. The maximum Gasteiger partial charge on any atom is 0.416 e. The zero-order valence-corrected chi connectivity index (χ0v) is 26.1. The normalized spacial score (nSPS) is 17.5. The van der Waals surface area contributed by atoms with Crippen LogP contribution in [-0.4, -0.2) is 31.0 Å². The van der Waals surface area contributed by atoms with E-state index in [0.29, 0.717) is 40.9 Å². The number of halogens is 7. The van der Waals surface area contributed by atoms with Crippen molar-refractivity contribution in [1.29, 1.82) is 0 Å². The third kappa shape index (κ3) is 7.53. The molecule has 1 heterocycles. The third-order valence-corrected chi connectivity index (χ3v) is 8.84. The maximum atomic E-state index is 14.1. The molecular weight excluding hydrogens is 617 g/mol. The van der Waals surface area contributed by atoms with Gasteiger partial charge >= 0.3 is 18.3 Å². The molecule has 46 heavy (non-hydrogen) atoms. The van der Waals surface area contributed by atoms with Gasteiger partial charge in [-0.2, -0.15) is 26.3 Å². The van der Waals surface area contributed by atoms with Crippen molar-refractivity contribution in [3.05, 3.63) is 82.4 Å². The summed E-state index contributed by atoms with van der Waals surface area (Å²) in [5.41, 5.74) is -2.73. The summed E-state index contributed by atoms with van der Waals surface area (Å²) in [6, 6.07) is 7.07. The van der Waals surface area contributed by atoms with E-state index in [4.69, 9.17) is 4.74 Å². The first kappa shape index (κ1) is 34.9. The first-order valence-electron chi connectivity index (χ1n) is 14.7. The smallest absolute Gasteiger partial charge is 0.416 e. The molecule has 3 aromatic rings. The van der Waals surface area contributed by atoms with Gasteiger partial charge in [0.1, 0.15) is 5.82 Å². The van der Waals surface area contributed by atoms with Gasteiger partial charge in [-0.3, -0.25) is 14.6 Å². The van der Waals surface area contributed by atoms with E-state index in [2.05, 4.69) is 4.98 Å². The van der Waals surface area contributed by atoms with E-state index in [-0.39, 0.29) is 29.6 Å². The van der Waals surface area contributed by atoms with Gasteiger partial charge in [-0.15, -0.1) is 0 Å². The van der Waals surface area contributed by atoms with Crippen LogP contribution < -0.4 is 4.90 Å². The van der Waals surface area contributed by atoms with Gasteiger partial charge in [-0.05, 0) is 105 Å². The molecule has 0 N–H and O–H groups in total. The standard InChI is InChI=1S/C34H35F7N2O3/c1-19-12-25(35)10-11-26(19)27-17-28(21-8-6-20(7-9-21)13-30(44)46-5)42-18-29(27)43(4)31(45)32(2,3)22-14-23(33(36,37)38)16-24(15-22)34(39,40)41/h10-12,14-18,20-21H,6-9,13H2,1-5H3. The number of aryl methyl sites for hydroxylation is 1. The number of ether oxygens (including phenoxy) is 1. The lowest BCUT2D eigenvalue weighted by Gasteiger charge is -2.32. The predicted molar refractivity (Wildman–Crippen MR) is 159 cm³/mol. The Hall–Kier alpha value is -3.96. The third-order valence-electron chi connectivity index (χ3n) is 8.84. The number of hydrogen-bond acceptors (Lipinski definition) is 4. The van der Waals surface area contributed by atoms with Gasteiger partial charge in [0.15, 0.2) is 0 Å². The number of likely N-dealkylation sites (N-methyl/N-ethyl adjacent to an activating group) is 1. The Kier molecular flexibility index (Phi) is 9.89. The zero-order chi connectivity index (χ0) is 34.2. The second-order valence-electron chi connectivity index (χ2n) is 12.4. The molecule has 1 aromatic heterocycles. The van der Waals surface area contributed by atoms with Gasteiger partial charge in [0, 0.05) is 30.6 Å². The Morgan fingerprint density at radius 1 is 0.870 bits per heavy atom. The summed E-state index contributed by atoms with van der Waals surface area (Å²) in [5, 5.41) is 0. The van der Waals surface area contributed by atoms with Crippen LogP contribution in [0.3, 0.4) is 0 Å². The highest BCUT2D eigenvalue weighted by atomic mass is 19.4. The van der Waals surface area contributed by atoms with E-state index in [0.717, 1.165) is 30.6 Å². The van der Waals surface area contributed by atoms with E-state index in [1.165, 1.54) is 46.3 Å². The quantitative estimate of drug-likeness (QED) is 0.189. The van der Waals surface area contributed by atoms with Crippen molar-refractivity contribution in [3.8, 4) is 11.1 Å². The zero-order valence-electron chi connectivity index (χ0n) is 26.1. The van der Waals surface area contributed by atoms with Crippen molar-refractivity contribution >= 4 is 17.6 Å². The number of esters is 1. The summed E-state index contributed by atoms with van der Waals surface area (Å²) in [7, 11) is 2.72. The molecule has 4 rings (SSSR count). The van der Waals surface area contributed by atoms with Crippen molar-refractivity contribution in [1.82, 2.24) is 4.98 Å². The second kappa shape index (κ2) is 13.0. The fourth-order valence-electron chi connectivity index (χ4n) is 6.05. The van der Waals surface area contributed by atoms with Gasteiger partial charge in [0.2, 0.25) is 5.91 Å². The molecule has 0 unspecified atom stereocenters. The summed E-state index contributed by atoms with van der Waals surface area (Å²) >= 11 is 0. The summed E-state index contributed by atoms with van der Waals surface area (Å²) in [6.07, 6.45) is -5.33. The number of carbonyl (C=O) groups excluding carboxylic acids is 2. The first-order valence-corrected chi connectivity index (χ1v) is 14.7. The molecule has 0 aliphatic heterocycles. The highest BCUT2D eigenvalue weighted by molar-refractivity contribution is 6.03. The van der Waals surface area contributed by atoms with Crippen LogP contribution in [0.4, 0.5) is 36.4 Å². The molecule has 1 saturated carbocycles. The van der Waals surface area contributed by atoms with Crippen LogP contribution in [0, 0.1) is 18.7 Å². The average molecular weight is 653 g/mol. The number of rotatable bonds is 7. The molecule has 1 amide bonds. The number of aromatic nitrogens is 1. The van der Waals surface area contributed by atoms with Crippen LogP contribution >= 0.6 is 0 Å². The number of alkyl halides is 6. The molecule has 0 atom stereocenters. The number of nitrogens with zero attached hydrogens (tertiary/aromatic N) is 2. The highest BCUT2D eigenvalue weighted by Crippen LogP contribution is 2.43. The second-order valence-corrected chi connectivity index (χ2v) is 12.4. The number of carbonyl (C=O) groups is 2. The minimum Gasteiger partial charge on any atom is -0.469 e. The van der Waals surface area contributed by atoms with Crippen LogP contribution in [0.1, 0.15) is 79.8 Å². The van der Waals surface area contributed by atoms with E-state index >= 15 is 0 Å². The van der Waals surface area contributed by atoms with Crippen LogP contribution in [-0.2, 0) is 32.1 Å². The molecule has 0 spiro atoms. The molecule has 5 nitrogen and oxygen atoms in total. The van der Waals surface area contributed by atoms with E-state index < -0.39 is 46.2 Å². The molecule has 0 saturated heterocycles. The topological polar surface area (TPSA) is 59.5 Å². The van der Waals surface area contributed by atoms with Gasteiger partial charge in [-0.1, -0.05) is 6.07 Å². The van der Waals surface area contributed by atoms with Crippen molar-refractivity contribution in [3.63, 3.8) is 0 Å². The fraction of sp³-hybridized carbons (Fsp3) is 0.441. The Bertz CT molecular complexity index is 1570. The Labute approximate surface area is 262 Å². The lowest BCUT2D eigenvalue weighted by Crippen LogP contribution is -2.42. The molecule has 1 aliphatic rings. The summed E-state index contributed by atoms with van der Waals surface area (Å²) in [4.78, 5) is 31.5. The van der Waals surface area contributed by atoms with Crippen molar-refractivity contribution in [2.24, 2.45) is 5.92 Å². The number of hydrogen-bond donors (Lipinski definition) is 0. The van der Waals surface area contributed by atoms with Crippen LogP contribution in [0.15, 0.2) is 48.7 Å². The van der Waals surface area contributed by atoms with Gasteiger partial charge in [-0.25, -0.2) is 4.39 Å². The number of anilines is 1. The molecule has 0 radical (unpaired) electrons. The first-order chi connectivity index (χ1) is 21.3. The molecule has 2 aromatic carbocycles. The van der Waals surface area contributed by atoms with Gasteiger partial charge < -0.3 is 9.64 Å². The summed E-state index contributed by atoms with van der Waals surface area (Å²) in [6.45, 7) is 4.21. The number of pyridine rings is 1. The fourth-order valence-corrected chi connectivity index (χ4v) is 6.05. The van der Waals surface area contributed by atoms with E-state index in [1.54, 1.807) is 19.1 Å². The molecule has 1 aliphatic carbocycles. The minimum atomic E-state index is -5.08. The van der Waals surface area contributed by atoms with E-state index in [9.17, 15) is 40.3 Å². The lowest BCUT2D eigenvalue weighted by atomic mass is 9.78. The maximum absolute atomic E-state index is 14.1. The predicted octanol–water partition coefficient (Wildman–Crippen LogP) is 9.01. The largest absolute Gasteiger partial charge is 0.469 e. The Morgan fingerprint density at radius 2 is 1.43 bits per heavy atom. The Balaban J connectivity index is 1.75. The molecule has 12 heteroatoms. The van der Waals surface area contributed by atoms with Gasteiger partial charge in [0.25, 0.3) is 0 Å². The SMILES string of the molecule is COC(=O)CC1CCC(c2cc(-c3ccc(F)cc3C)c(N(C)C(=O)C(C)(C)c3cc(C(F)(F)F)cc(C(F)(F)F)c3)cn2)CC1. The van der Waals surface area contributed by atoms with Gasteiger partial charge in [0.05, 0.1) is 35.5 Å². The van der Waals surface area contributed by atoms with Crippen molar-refractivity contribution < 1.29 is 45.1 Å². The highest BCUT2D eigenvalue weighted by Gasteiger charge is 2.41. The number of methoxy groups -OCH3 is 1. The average Bonchev–Trinajstić information content (AvgIpc) is 2.99. The Morgan fingerprint density at radius 3 is 1.96 bits per heavy atom. The molecular formula is C34H35F7N2O3. The molecule has 1 fully saturated rings. The van der Waals surface area contributed by atoms with Crippen LogP contribution in [0.25, 0.3) is 11.1 Å². The van der Waals surface area contributed by atoms with Crippen molar-refractivity contribution in [2.45, 2.75) is 76.6 Å². The van der Waals surface area contributed by atoms with Crippen LogP contribution in [0.5, 0.6) is 0 Å². The minimum absolute atomic E-state index is 0.0226. The lowest BCUT2D eigenvalue weighted by molar-refractivity contribution is -0.144. The number of benzene rings is 2. The van der Waals surface area contributed by atoms with Crippen LogP contribution in [0.2, 0.25) is 0 Å². The molecule has 248 valence electrons. The summed E-state index contributed by atoms with van der Waals surface area (Å²) in [5.74, 6) is -1.31.